The molecule has 3 aromatic rings. The van der Waals surface area contributed by atoms with Crippen molar-refractivity contribution in [1.82, 2.24) is 15.0 Å². The van der Waals surface area contributed by atoms with Gasteiger partial charge in [-0.2, -0.15) is 9.90 Å². The Morgan fingerprint density at radius 3 is 2.65 bits per heavy atom. The van der Waals surface area contributed by atoms with E-state index in [0.29, 0.717) is 23.3 Å². The van der Waals surface area contributed by atoms with Gasteiger partial charge in [0.1, 0.15) is 5.52 Å². The number of aromatic nitrogens is 3. The molecular formula is C15H13N3O2. The molecule has 0 atom stereocenters. The fourth-order valence-corrected chi connectivity index (χ4v) is 2.01. The minimum atomic E-state index is -0.366. The summed E-state index contributed by atoms with van der Waals surface area (Å²) < 4.78 is 5.14. The van der Waals surface area contributed by atoms with Gasteiger partial charge in [-0.1, -0.05) is 36.4 Å². The summed E-state index contributed by atoms with van der Waals surface area (Å²) in [6.07, 6.45) is 0. The zero-order valence-electron chi connectivity index (χ0n) is 11.0. The summed E-state index contributed by atoms with van der Waals surface area (Å²) in [5.41, 5.74) is 2.42. The van der Waals surface area contributed by atoms with Crippen molar-refractivity contribution in [2.45, 2.75) is 13.5 Å². The van der Waals surface area contributed by atoms with Crippen LogP contribution in [-0.4, -0.2) is 21.0 Å². The SMILES string of the molecule is CC(=O)Oc1cccc2nn(Cc3ccccc3)nc12. The van der Waals surface area contributed by atoms with Crippen LogP contribution < -0.4 is 4.74 Å². The van der Waals surface area contributed by atoms with Crippen LogP contribution >= 0.6 is 0 Å². The topological polar surface area (TPSA) is 57.0 Å². The van der Waals surface area contributed by atoms with Crippen molar-refractivity contribution >= 4 is 17.0 Å². The van der Waals surface area contributed by atoms with E-state index in [1.165, 1.54) is 6.92 Å². The molecule has 0 aliphatic heterocycles. The van der Waals surface area contributed by atoms with Gasteiger partial charge in [0.2, 0.25) is 0 Å². The van der Waals surface area contributed by atoms with Crippen LogP contribution in [0.25, 0.3) is 11.0 Å². The van der Waals surface area contributed by atoms with Crippen LogP contribution in [0.1, 0.15) is 12.5 Å². The molecule has 1 heterocycles. The fraction of sp³-hybridized carbons (Fsp3) is 0.133. The molecule has 0 unspecified atom stereocenters. The molecule has 0 amide bonds. The van der Waals surface area contributed by atoms with E-state index in [1.807, 2.05) is 36.4 Å². The lowest BCUT2D eigenvalue weighted by atomic mass is 10.2. The van der Waals surface area contributed by atoms with Crippen molar-refractivity contribution in [2.24, 2.45) is 0 Å². The zero-order valence-corrected chi connectivity index (χ0v) is 11.0. The predicted molar refractivity (Wildman–Crippen MR) is 74.4 cm³/mol. The number of ether oxygens (including phenoxy) is 1. The number of hydrogen-bond donors (Lipinski definition) is 0. The van der Waals surface area contributed by atoms with Crippen LogP contribution in [0.3, 0.4) is 0 Å². The maximum atomic E-state index is 11.1. The van der Waals surface area contributed by atoms with E-state index in [1.54, 1.807) is 16.9 Å². The average Bonchev–Trinajstić information content (AvgIpc) is 2.83. The van der Waals surface area contributed by atoms with E-state index < -0.39 is 0 Å². The van der Waals surface area contributed by atoms with Crippen LogP contribution in [0.5, 0.6) is 5.75 Å². The molecular weight excluding hydrogens is 254 g/mol. The highest BCUT2D eigenvalue weighted by Crippen LogP contribution is 2.22. The quantitative estimate of drug-likeness (QED) is 0.540. The molecule has 20 heavy (non-hydrogen) atoms. The Kier molecular flexibility index (Phi) is 3.16. The molecule has 1 aromatic heterocycles. The van der Waals surface area contributed by atoms with Crippen molar-refractivity contribution in [2.75, 3.05) is 0 Å². The highest BCUT2D eigenvalue weighted by atomic mass is 16.5. The highest BCUT2D eigenvalue weighted by Gasteiger charge is 2.10. The van der Waals surface area contributed by atoms with Gasteiger partial charge in [-0.15, -0.1) is 5.10 Å². The normalized spacial score (nSPS) is 10.7. The van der Waals surface area contributed by atoms with Crippen LogP contribution in [-0.2, 0) is 11.3 Å². The Labute approximate surface area is 115 Å². The molecule has 0 aliphatic carbocycles. The molecule has 0 saturated heterocycles. The summed E-state index contributed by atoms with van der Waals surface area (Å²) in [5, 5.41) is 8.78. The fourth-order valence-electron chi connectivity index (χ4n) is 2.01. The summed E-state index contributed by atoms with van der Waals surface area (Å²) in [4.78, 5) is 12.7. The number of benzene rings is 2. The molecule has 0 saturated carbocycles. The number of carbonyl (C=O) groups excluding carboxylic acids is 1. The number of rotatable bonds is 3. The van der Waals surface area contributed by atoms with E-state index in [9.17, 15) is 4.79 Å². The van der Waals surface area contributed by atoms with Crippen molar-refractivity contribution in [1.29, 1.82) is 0 Å². The minimum absolute atomic E-state index is 0.366. The third-order valence-corrected chi connectivity index (χ3v) is 2.84. The summed E-state index contributed by atoms with van der Waals surface area (Å²) in [6.45, 7) is 1.95. The number of esters is 1. The van der Waals surface area contributed by atoms with E-state index in [-0.39, 0.29) is 5.97 Å². The average molecular weight is 267 g/mol. The lowest BCUT2D eigenvalue weighted by molar-refractivity contribution is -0.131. The second-order valence-corrected chi connectivity index (χ2v) is 4.43. The Morgan fingerprint density at radius 1 is 1.10 bits per heavy atom. The van der Waals surface area contributed by atoms with Gasteiger partial charge in [0.05, 0.1) is 6.54 Å². The lowest BCUT2D eigenvalue weighted by Gasteiger charge is -2.00. The van der Waals surface area contributed by atoms with Gasteiger partial charge in [0.15, 0.2) is 11.3 Å². The maximum Gasteiger partial charge on any atom is 0.308 e. The highest BCUT2D eigenvalue weighted by molar-refractivity contribution is 5.83. The summed E-state index contributed by atoms with van der Waals surface area (Å²) in [5.74, 6) is 0.0735. The number of carbonyl (C=O) groups is 1. The molecule has 0 fully saturated rings. The largest absolute Gasteiger partial charge is 0.424 e. The van der Waals surface area contributed by atoms with E-state index in [2.05, 4.69) is 10.2 Å². The van der Waals surface area contributed by atoms with Gasteiger partial charge in [-0.3, -0.25) is 4.79 Å². The molecule has 100 valence electrons. The third kappa shape index (κ3) is 2.51. The molecule has 0 radical (unpaired) electrons. The maximum absolute atomic E-state index is 11.1. The lowest BCUT2D eigenvalue weighted by Crippen LogP contribution is -2.04. The van der Waals surface area contributed by atoms with Crippen LogP contribution in [0.2, 0.25) is 0 Å². The molecule has 0 bridgehead atoms. The van der Waals surface area contributed by atoms with Crippen LogP contribution in [0.4, 0.5) is 0 Å². The monoisotopic (exact) mass is 267 g/mol. The Bertz CT molecular complexity index is 750. The van der Waals surface area contributed by atoms with Crippen molar-refractivity contribution in [3.63, 3.8) is 0 Å². The standard InChI is InChI=1S/C15H13N3O2/c1-11(19)20-14-9-5-8-13-15(14)17-18(16-13)10-12-6-3-2-4-7-12/h2-9H,10H2,1H3. The minimum Gasteiger partial charge on any atom is -0.424 e. The van der Waals surface area contributed by atoms with Crippen LogP contribution in [0.15, 0.2) is 48.5 Å². The van der Waals surface area contributed by atoms with Gasteiger partial charge in [-0.05, 0) is 17.7 Å². The molecule has 2 aromatic carbocycles. The number of hydrogen-bond acceptors (Lipinski definition) is 4. The predicted octanol–water partition coefficient (Wildman–Crippen LogP) is 2.40. The third-order valence-electron chi connectivity index (χ3n) is 2.84. The summed E-state index contributed by atoms with van der Waals surface area (Å²) >= 11 is 0. The van der Waals surface area contributed by atoms with Gasteiger partial charge >= 0.3 is 5.97 Å². The van der Waals surface area contributed by atoms with E-state index >= 15 is 0 Å². The van der Waals surface area contributed by atoms with Gasteiger partial charge in [-0.25, -0.2) is 0 Å². The smallest absolute Gasteiger partial charge is 0.308 e. The molecule has 3 rings (SSSR count). The first-order valence-electron chi connectivity index (χ1n) is 6.28. The van der Waals surface area contributed by atoms with Crippen LogP contribution in [0, 0.1) is 0 Å². The molecule has 0 aliphatic rings. The van der Waals surface area contributed by atoms with E-state index in [0.717, 1.165) is 5.56 Å². The Balaban J connectivity index is 1.96. The van der Waals surface area contributed by atoms with Gasteiger partial charge < -0.3 is 4.74 Å². The molecule has 0 spiro atoms. The molecule has 5 heteroatoms. The summed E-state index contributed by atoms with van der Waals surface area (Å²) in [6, 6.07) is 15.3. The van der Waals surface area contributed by atoms with Gasteiger partial charge in [0.25, 0.3) is 0 Å². The van der Waals surface area contributed by atoms with Gasteiger partial charge in [0, 0.05) is 6.92 Å². The number of nitrogens with zero attached hydrogens (tertiary/aromatic N) is 3. The summed E-state index contributed by atoms with van der Waals surface area (Å²) in [7, 11) is 0. The second kappa shape index (κ2) is 5.13. The second-order valence-electron chi connectivity index (χ2n) is 4.43. The Hall–Kier alpha value is -2.69. The first-order valence-corrected chi connectivity index (χ1v) is 6.28. The van der Waals surface area contributed by atoms with Crippen molar-refractivity contribution in [3.8, 4) is 5.75 Å². The zero-order chi connectivity index (χ0) is 13.9. The first-order chi connectivity index (χ1) is 9.72. The first kappa shape index (κ1) is 12.3. The molecule has 5 nitrogen and oxygen atoms in total. The number of fused-ring (bicyclic) bond motifs is 1. The van der Waals surface area contributed by atoms with E-state index in [4.69, 9.17) is 4.74 Å². The van der Waals surface area contributed by atoms with Crippen molar-refractivity contribution < 1.29 is 9.53 Å². The van der Waals surface area contributed by atoms with Crippen molar-refractivity contribution in [3.05, 3.63) is 54.1 Å². The Morgan fingerprint density at radius 2 is 1.90 bits per heavy atom. The molecule has 0 N–H and O–H groups in total.